The van der Waals surface area contributed by atoms with Gasteiger partial charge in [0.25, 0.3) is 0 Å². The van der Waals surface area contributed by atoms with Gasteiger partial charge in [-0.05, 0) is 110 Å². The molecule has 14 atom stereocenters. The highest BCUT2D eigenvalue weighted by atomic mass is 16.6. The second-order valence-corrected chi connectivity index (χ2v) is 19.2. The fraction of sp³-hybridized carbons (Fsp3) is 0.923. The van der Waals surface area contributed by atoms with Crippen molar-refractivity contribution >= 4 is 18.1 Å². The molecule has 0 aromatic carbocycles. The van der Waals surface area contributed by atoms with E-state index in [9.17, 15) is 19.5 Å². The van der Waals surface area contributed by atoms with E-state index in [1.165, 1.54) is 12.8 Å². The second-order valence-electron chi connectivity index (χ2n) is 19.2. The van der Waals surface area contributed by atoms with E-state index in [2.05, 4.69) is 59.1 Å². The first kappa shape index (κ1) is 34.0. The van der Waals surface area contributed by atoms with Gasteiger partial charge in [-0.25, -0.2) is 9.59 Å². The maximum atomic E-state index is 13.0. The summed E-state index contributed by atoms with van der Waals surface area (Å²) >= 11 is 0. The Morgan fingerprint density at radius 1 is 1.02 bits per heavy atom. The van der Waals surface area contributed by atoms with E-state index in [1.54, 1.807) is 4.90 Å². The first-order valence-electron chi connectivity index (χ1n) is 19.6. The van der Waals surface area contributed by atoms with Crippen LogP contribution in [0.4, 0.5) is 9.59 Å². The van der Waals surface area contributed by atoms with Crippen molar-refractivity contribution in [2.45, 2.75) is 149 Å². The molecule has 0 radical (unpaired) electrons. The molecule has 8 aliphatic rings. The maximum Gasteiger partial charge on any atom is 0.410 e. The average Bonchev–Trinajstić information content (AvgIpc) is 3.45. The van der Waals surface area contributed by atoms with Crippen LogP contribution < -0.4 is 10.6 Å². The molecule has 8 fully saturated rings. The molecule has 3 saturated heterocycles. The van der Waals surface area contributed by atoms with Crippen LogP contribution in [-0.2, 0) is 19.0 Å². The van der Waals surface area contributed by atoms with Crippen molar-refractivity contribution in [3.63, 3.8) is 0 Å². The number of hydrogen-bond acceptors (Lipinski definition) is 7. The molecule has 0 aromatic heterocycles. The monoisotopic (exact) mass is 683 g/mol. The highest BCUT2D eigenvalue weighted by Crippen LogP contribution is 2.89. The Kier molecular flexibility index (Phi) is 7.79. The third-order valence-electron chi connectivity index (χ3n) is 16.7. The van der Waals surface area contributed by atoms with Crippen molar-refractivity contribution < 1.29 is 33.7 Å². The van der Waals surface area contributed by atoms with Gasteiger partial charge < -0.3 is 34.9 Å². The minimum atomic E-state index is -0.577. The Morgan fingerprint density at radius 3 is 2.39 bits per heavy atom. The molecule has 49 heavy (non-hydrogen) atoms. The fourth-order valence-corrected chi connectivity index (χ4v) is 14.1. The first-order chi connectivity index (χ1) is 23.1. The van der Waals surface area contributed by atoms with Gasteiger partial charge >= 0.3 is 12.2 Å². The largest absolute Gasteiger partial charge is 0.446 e. The van der Waals surface area contributed by atoms with Gasteiger partial charge in [-0.2, -0.15) is 0 Å². The highest BCUT2D eigenvalue weighted by molar-refractivity contribution is 5.87. The van der Waals surface area contributed by atoms with Gasteiger partial charge in [-0.15, -0.1) is 0 Å². The average molecular weight is 684 g/mol. The van der Waals surface area contributed by atoms with Crippen LogP contribution in [0.5, 0.6) is 0 Å². The van der Waals surface area contributed by atoms with E-state index < -0.39 is 18.2 Å². The SMILES string of the molecule is CC(C)[C@@H](OC(=O)N1CCC1)C1C[C@@H](C)C2C(O1)[C@H](O)[C@@]1(C)C3CC[C@H]4C(C)(C)[C@@H](OC(=O)N[C@H]5CCNC5=O)CCC45CC35CC[C@]21C. The van der Waals surface area contributed by atoms with E-state index in [-0.39, 0.29) is 75.3 Å². The number of hydrogen-bond donors (Lipinski definition) is 3. The lowest BCUT2D eigenvalue weighted by Gasteiger charge is -2.63. The summed E-state index contributed by atoms with van der Waals surface area (Å²) in [5.41, 5.74) is -0.103. The summed E-state index contributed by atoms with van der Waals surface area (Å²) in [5, 5.41) is 18.2. The van der Waals surface area contributed by atoms with Gasteiger partial charge in [-0.3, -0.25) is 4.79 Å². The predicted molar refractivity (Wildman–Crippen MR) is 182 cm³/mol. The van der Waals surface area contributed by atoms with Crippen LogP contribution in [0.1, 0.15) is 113 Å². The standard InChI is InChI=1S/C39H61N3O7/c1-21(2)29(49-34(46)42-17-8-18-42)24-19-22(3)28-30(47-24)31(43)37(7)26-10-9-25-35(4,5)27(48-33(45)41-23-12-16-40-32(23)44)11-13-38(25)20-39(26,38)15-14-36(28,37)6/h21-31,43H,8-20H2,1-7H3,(H,40,44)(H,41,45)/t22-,23+,24?,25+,26?,27+,28?,29-,30?,31+,36-,37-,38?,39?/m1/s1. The summed E-state index contributed by atoms with van der Waals surface area (Å²) in [4.78, 5) is 39.8. The smallest absolute Gasteiger partial charge is 0.410 e. The van der Waals surface area contributed by atoms with Gasteiger partial charge in [0.2, 0.25) is 5.91 Å². The summed E-state index contributed by atoms with van der Waals surface area (Å²) in [5.74, 6) is 1.44. The molecule has 5 aliphatic carbocycles. The number of amides is 3. The van der Waals surface area contributed by atoms with E-state index in [4.69, 9.17) is 14.2 Å². The van der Waals surface area contributed by atoms with Gasteiger partial charge in [0.15, 0.2) is 0 Å². The highest BCUT2D eigenvalue weighted by Gasteiger charge is 2.84. The number of aliphatic hydroxyl groups is 1. The molecule has 6 unspecified atom stereocenters. The van der Waals surface area contributed by atoms with Crippen molar-refractivity contribution in [1.82, 2.24) is 15.5 Å². The quantitative estimate of drug-likeness (QED) is 0.342. The predicted octanol–water partition coefficient (Wildman–Crippen LogP) is 5.65. The third kappa shape index (κ3) is 4.53. The van der Waals surface area contributed by atoms with E-state index in [1.807, 2.05) is 0 Å². The number of likely N-dealkylation sites (tertiary alicyclic amines) is 1. The maximum absolute atomic E-state index is 13.0. The number of carbonyl (C=O) groups is 3. The van der Waals surface area contributed by atoms with Crippen molar-refractivity contribution in [3.8, 4) is 0 Å². The Balaban J connectivity index is 1.01. The fourth-order valence-electron chi connectivity index (χ4n) is 14.1. The Morgan fingerprint density at radius 2 is 1.73 bits per heavy atom. The number of carbonyl (C=O) groups excluding carboxylic acids is 3. The molecule has 2 spiro atoms. The van der Waals surface area contributed by atoms with Crippen LogP contribution in [0.2, 0.25) is 0 Å². The Bertz CT molecular complexity index is 1380. The number of nitrogens with one attached hydrogen (secondary N) is 2. The summed E-state index contributed by atoms with van der Waals surface area (Å²) < 4.78 is 19.3. The number of rotatable bonds is 5. The zero-order valence-electron chi connectivity index (χ0n) is 30.9. The lowest BCUT2D eigenvalue weighted by atomic mass is 9.41. The van der Waals surface area contributed by atoms with Crippen molar-refractivity contribution in [2.75, 3.05) is 19.6 Å². The topological polar surface area (TPSA) is 126 Å². The van der Waals surface area contributed by atoms with Gasteiger partial charge in [-0.1, -0.05) is 48.5 Å². The molecule has 10 nitrogen and oxygen atoms in total. The minimum absolute atomic E-state index is 0.0455. The van der Waals surface area contributed by atoms with Crippen LogP contribution >= 0.6 is 0 Å². The number of alkyl carbamates (subject to hydrolysis) is 1. The zero-order valence-corrected chi connectivity index (χ0v) is 30.9. The molecule has 3 heterocycles. The van der Waals surface area contributed by atoms with Crippen molar-refractivity contribution in [2.24, 2.45) is 56.7 Å². The van der Waals surface area contributed by atoms with Crippen LogP contribution in [0.25, 0.3) is 0 Å². The van der Waals surface area contributed by atoms with E-state index >= 15 is 0 Å². The second kappa shape index (κ2) is 11.2. The Hall–Kier alpha value is -2.07. The molecule has 5 saturated carbocycles. The molecule has 10 heteroatoms. The molecule has 3 N–H and O–H groups in total. The van der Waals surface area contributed by atoms with Crippen LogP contribution in [0.3, 0.4) is 0 Å². The number of ether oxygens (including phenoxy) is 3. The summed E-state index contributed by atoms with van der Waals surface area (Å²) in [6, 6.07) is -0.509. The van der Waals surface area contributed by atoms with Gasteiger partial charge in [0.05, 0.1) is 18.3 Å². The number of nitrogens with zero attached hydrogens (tertiary/aromatic N) is 1. The molecule has 8 rings (SSSR count). The summed E-state index contributed by atoms with van der Waals surface area (Å²) in [6.07, 6.45) is 7.66. The van der Waals surface area contributed by atoms with Crippen molar-refractivity contribution in [1.29, 1.82) is 0 Å². The minimum Gasteiger partial charge on any atom is -0.446 e. The summed E-state index contributed by atoms with van der Waals surface area (Å²) in [7, 11) is 0. The number of aliphatic hydroxyl groups excluding tert-OH is 1. The normalized spacial score (nSPS) is 49.6. The molecule has 0 bridgehead atoms. The Labute approximate surface area is 292 Å². The lowest BCUT2D eigenvalue weighted by molar-refractivity contribution is -0.185. The molecule has 0 aromatic rings. The van der Waals surface area contributed by atoms with E-state index in [0.717, 1.165) is 58.0 Å². The molecule has 274 valence electrons. The zero-order chi connectivity index (χ0) is 34.9. The third-order valence-corrected chi connectivity index (χ3v) is 16.7. The van der Waals surface area contributed by atoms with Crippen molar-refractivity contribution in [3.05, 3.63) is 0 Å². The van der Waals surface area contributed by atoms with E-state index in [0.29, 0.717) is 30.7 Å². The molecule has 3 aliphatic heterocycles. The molecular formula is C39H61N3O7. The summed E-state index contributed by atoms with van der Waals surface area (Å²) in [6.45, 7) is 18.2. The molecule has 3 amide bonds. The van der Waals surface area contributed by atoms with Gasteiger partial charge in [0, 0.05) is 30.5 Å². The van der Waals surface area contributed by atoms with Crippen LogP contribution in [0, 0.1) is 56.7 Å². The van der Waals surface area contributed by atoms with Crippen LogP contribution in [0.15, 0.2) is 0 Å². The lowest BCUT2D eigenvalue weighted by Crippen LogP contribution is -2.60. The number of fused-ring (bicyclic) bond motifs is 4. The molecular weight excluding hydrogens is 622 g/mol. The van der Waals surface area contributed by atoms with Crippen LogP contribution in [-0.4, -0.2) is 84.3 Å². The first-order valence-corrected chi connectivity index (χ1v) is 19.6. The van der Waals surface area contributed by atoms with Gasteiger partial charge in [0.1, 0.15) is 18.2 Å².